The molecular formula is C12H9BrN2O2S. The summed E-state index contributed by atoms with van der Waals surface area (Å²) < 4.78 is 1.02. The highest BCUT2D eigenvalue weighted by molar-refractivity contribution is 9.10. The van der Waals surface area contributed by atoms with E-state index in [1.807, 2.05) is 24.3 Å². The van der Waals surface area contributed by atoms with Crippen molar-refractivity contribution in [2.24, 2.45) is 0 Å². The second-order valence-electron chi connectivity index (χ2n) is 3.44. The third-order valence-electron chi connectivity index (χ3n) is 2.12. The Balaban J connectivity index is 2.00. The fraction of sp³-hybridized carbons (Fsp3) is 0.0833. The van der Waals surface area contributed by atoms with Crippen LogP contribution >= 0.6 is 27.7 Å². The number of halogens is 1. The summed E-state index contributed by atoms with van der Waals surface area (Å²) in [6, 6.07) is 7.93. The molecule has 0 radical (unpaired) electrons. The molecule has 0 spiro atoms. The average Bonchev–Trinajstić information content (AvgIpc) is 2.37. The monoisotopic (exact) mass is 324 g/mol. The van der Waals surface area contributed by atoms with Gasteiger partial charge in [-0.2, -0.15) is 0 Å². The van der Waals surface area contributed by atoms with Gasteiger partial charge in [-0.1, -0.05) is 22.0 Å². The third kappa shape index (κ3) is 3.54. The summed E-state index contributed by atoms with van der Waals surface area (Å²) in [7, 11) is 0. The number of hydrogen-bond donors (Lipinski definition) is 1. The molecule has 18 heavy (non-hydrogen) atoms. The number of nitrogens with zero attached hydrogens (tertiary/aromatic N) is 2. The largest absolute Gasteiger partial charge is 0.478 e. The molecule has 6 heteroatoms. The van der Waals surface area contributed by atoms with Gasteiger partial charge in [0.2, 0.25) is 0 Å². The molecule has 4 nitrogen and oxygen atoms in total. The van der Waals surface area contributed by atoms with Crippen molar-refractivity contribution in [2.45, 2.75) is 10.6 Å². The second kappa shape index (κ2) is 5.97. The van der Waals surface area contributed by atoms with E-state index in [0.717, 1.165) is 9.37 Å². The van der Waals surface area contributed by atoms with E-state index in [9.17, 15) is 4.79 Å². The smallest absolute Gasteiger partial charge is 0.338 e. The van der Waals surface area contributed by atoms with Crippen LogP contribution in [-0.4, -0.2) is 21.0 Å². The number of carbonyl (C=O) groups is 1. The minimum Gasteiger partial charge on any atom is -0.478 e. The Bertz CT molecular complexity index is 560. The maximum absolute atomic E-state index is 10.6. The van der Waals surface area contributed by atoms with Crippen LogP contribution in [-0.2, 0) is 5.75 Å². The van der Waals surface area contributed by atoms with Crippen LogP contribution in [0.4, 0.5) is 0 Å². The van der Waals surface area contributed by atoms with Gasteiger partial charge in [0.05, 0.1) is 11.3 Å². The predicted molar refractivity (Wildman–Crippen MR) is 72.7 cm³/mol. The molecule has 0 unspecified atom stereocenters. The second-order valence-corrected chi connectivity index (χ2v) is 5.40. The van der Waals surface area contributed by atoms with Crippen LogP contribution in [0.3, 0.4) is 0 Å². The first-order valence-corrected chi connectivity index (χ1v) is 6.85. The van der Waals surface area contributed by atoms with Crippen LogP contribution in [0.25, 0.3) is 0 Å². The molecule has 0 aliphatic rings. The predicted octanol–water partition coefficient (Wildman–Crippen LogP) is 3.23. The van der Waals surface area contributed by atoms with E-state index in [2.05, 4.69) is 25.9 Å². The van der Waals surface area contributed by atoms with E-state index in [1.165, 1.54) is 12.4 Å². The molecule has 92 valence electrons. The lowest BCUT2D eigenvalue weighted by molar-refractivity contribution is 0.0696. The van der Waals surface area contributed by atoms with Gasteiger partial charge >= 0.3 is 5.97 Å². The molecule has 0 fully saturated rings. The maximum Gasteiger partial charge on any atom is 0.338 e. The minimum absolute atomic E-state index is 0.103. The van der Waals surface area contributed by atoms with Crippen molar-refractivity contribution in [3.8, 4) is 0 Å². The van der Waals surface area contributed by atoms with Crippen molar-refractivity contribution in [3.05, 3.63) is 52.5 Å². The topological polar surface area (TPSA) is 63.1 Å². The Hall–Kier alpha value is -1.40. The molecule has 2 rings (SSSR count). The zero-order chi connectivity index (χ0) is 13.0. The van der Waals surface area contributed by atoms with Gasteiger partial charge in [0.25, 0.3) is 0 Å². The van der Waals surface area contributed by atoms with Crippen LogP contribution < -0.4 is 0 Å². The number of carboxylic acid groups (broad SMARTS) is 1. The summed E-state index contributed by atoms with van der Waals surface area (Å²) in [5.74, 6) is 0.210. The molecular weight excluding hydrogens is 316 g/mol. The summed E-state index contributed by atoms with van der Waals surface area (Å²) in [6.45, 7) is 0. The van der Waals surface area contributed by atoms with Crippen molar-refractivity contribution >= 4 is 33.7 Å². The molecule has 0 saturated carbocycles. The van der Waals surface area contributed by atoms with E-state index in [1.54, 1.807) is 11.8 Å². The summed E-state index contributed by atoms with van der Waals surface area (Å²) >= 11 is 5.00. The van der Waals surface area contributed by atoms with Gasteiger partial charge in [-0.3, -0.25) is 0 Å². The van der Waals surface area contributed by atoms with Crippen molar-refractivity contribution in [1.29, 1.82) is 0 Å². The van der Waals surface area contributed by atoms with Gasteiger partial charge in [-0.25, -0.2) is 14.8 Å². The first-order chi connectivity index (χ1) is 8.65. The molecule has 1 heterocycles. The van der Waals surface area contributed by atoms with Crippen LogP contribution in [0.5, 0.6) is 0 Å². The molecule has 0 saturated heterocycles. The van der Waals surface area contributed by atoms with Gasteiger partial charge in [0.15, 0.2) is 0 Å². The SMILES string of the molecule is O=C(O)c1cnc(CSc2cccc(Br)c2)nc1. The first kappa shape index (κ1) is 13.0. The van der Waals surface area contributed by atoms with Crippen LogP contribution in [0.1, 0.15) is 16.2 Å². The lowest BCUT2D eigenvalue weighted by atomic mass is 10.3. The number of rotatable bonds is 4. The fourth-order valence-corrected chi connectivity index (χ4v) is 2.63. The molecule has 2 aromatic rings. The van der Waals surface area contributed by atoms with Crippen LogP contribution in [0.15, 0.2) is 46.0 Å². The summed E-state index contributed by atoms with van der Waals surface area (Å²) in [6.07, 6.45) is 2.65. The Kier molecular flexibility index (Phi) is 4.33. The molecule has 1 N–H and O–H groups in total. The third-order valence-corrected chi connectivity index (χ3v) is 3.60. The number of hydrogen-bond acceptors (Lipinski definition) is 4. The van der Waals surface area contributed by atoms with E-state index in [4.69, 9.17) is 5.11 Å². The van der Waals surface area contributed by atoms with Crippen molar-refractivity contribution < 1.29 is 9.90 Å². The molecule has 1 aromatic heterocycles. The van der Waals surface area contributed by atoms with E-state index >= 15 is 0 Å². The maximum atomic E-state index is 10.6. The molecule has 1 aromatic carbocycles. The van der Waals surface area contributed by atoms with E-state index in [0.29, 0.717) is 11.6 Å². The molecule has 0 amide bonds. The lowest BCUT2D eigenvalue weighted by Gasteiger charge is -2.01. The Morgan fingerprint density at radius 3 is 2.67 bits per heavy atom. The zero-order valence-electron chi connectivity index (χ0n) is 9.21. The van der Waals surface area contributed by atoms with Gasteiger partial charge in [0, 0.05) is 21.8 Å². The van der Waals surface area contributed by atoms with Crippen molar-refractivity contribution in [3.63, 3.8) is 0 Å². The Labute approximate surface area is 117 Å². The number of benzene rings is 1. The lowest BCUT2D eigenvalue weighted by Crippen LogP contribution is -2.00. The van der Waals surface area contributed by atoms with Gasteiger partial charge < -0.3 is 5.11 Å². The zero-order valence-corrected chi connectivity index (χ0v) is 11.6. The quantitative estimate of drug-likeness (QED) is 0.875. The average molecular weight is 325 g/mol. The fourth-order valence-electron chi connectivity index (χ4n) is 1.24. The van der Waals surface area contributed by atoms with Gasteiger partial charge in [-0.15, -0.1) is 11.8 Å². The first-order valence-electron chi connectivity index (χ1n) is 5.08. The molecule has 0 atom stereocenters. The van der Waals surface area contributed by atoms with Crippen molar-refractivity contribution in [1.82, 2.24) is 9.97 Å². The van der Waals surface area contributed by atoms with Gasteiger partial charge in [0.1, 0.15) is 5.82 Å². The van der Waals surface area contributed by atoms with Crippen LogP contribution in [0, 0.1) is 0 Å². The van der Waals surface area contributed by atoms with E-state index in [-0.39, 0.29) is 5.56 Å². The highest BCUT2D eigenvalue weighted by atomic mass is 79.9. The number of aromatic carboxylic acids is 1. The minimum atomic E-state index is -1.01. The number of aromatic nitrogens is 2. The molecule has 0 aliphatic heterocycles. The summed E-state index contributed by atoms with van der Waals surface area (Å²) in [5.41, 5.74) is 0.103. The highest BCUT2D eigenvalue weighted by Crippen LogP contribution is 2.24. The standard InChI is InChI=1S/C12H9BrN2O2S/c13-9-2-1-3-10(4-9)18-7-11-14-5-8(6-15-11)12(16)17/h1-6H,7H2,(H,16,17). The van der Waals surface area contributed by atoms with Crippen molar-refractivity contribution in [2.75, 3.05) is 0 Å². The molecule has 0 bridgehead atoms. The Morgan fingerprint density at radius 1 is 1.33 bits per heavy atom. The van der Waals surface area contributed by atoms with E-state index < -0.39 is 5.97 Å². The normalized spacial score (nSPS) is 10.3. The Morgan fingerprint density at radius 2 is 2.06 bits per heavy atom. The molecule has 0 aliphatic carbocycles. The highest BCUT2D eigenvalue weighted by Gasteiger charge is 2.04. The number of thioether (sulfide) groups is 1. The van der Waals surface area contributed by atoms with Crippen LogP contribution in [0.2, 0.25) is 0 Å². The summed E-state index contributed by atoms with van der Waals surface area (Å²) in [4.78, 5) is 19.8. The van der Waals surface area contributed by atoms with Gasteiger partial charge in [-0.05, 0) is 18.2 Å². The number of carboxylic acids is 1. The summed E-state index contributed by atoms with van der Waals surface area (Å²) in [5, 5.41) is 8.72.